The lowest BCUT2D eigenvalue weighted by Gasteiger charge is -2.08. The molecule has 2 aromatic rings. The number of carbonyl (C=O) groups is 1. The summed E-state index contributed by atoms with van der Waals surface area (Å²) in [5.41, 5.74) is 1.59. The average molecular weight is 262 g/mol. The minimum absolute atomic E-state index is 0.0600. The van der Waals surface area contributed by atoms with Crippen LogP contribution in [-0.2, 0) is 4.79 Å². The Morgan fingerprint density at radius 2 is 2.28 bits per heavy atom. The summed E-state index contributed by atoms with van der Waals surface area (Å²) in [4.78, 5) is 16.2. The van der Waals surface area contributed by atoms with E-state index >= 15 is 0 Å². The number of aromatic nitrogens is 1. The van der Waals surface area contributed by atoms with Gasteiger partial charge in [-0.25, -0.2) is 4.98 Å². The summed E-state index contributed by atoms with van der Waals surface area (Å²) in [6, 6.07) is 8.00. The number of nitrogens with zero attached hydrogens (tertiary/aromatic N) is 1. The Labute approximate surface area is 109 Å². The number of carbonyl (C=O) groups excluding carboxylic acids is 1. The molecule has 0 saturated heterocycles. The van der Waals surface area contributed by atoms with Crippen molar-refractivity contribution in [3.63, 3.8) is 0 Å². The molecule has 0 spiro atoms. The highest BCUT2D eigenvalue weighted by atomic mass is 32.2. The summed E-state index contributed by atoms with van der Waals surface area (Å²) in [5, 5.41) is 3.35. The first kappa shape index (κ1) is 11.6. The molecule has 1 aliphatic rings. The predicted octanol–water partition coefficient (Wildman–Crippen LogP) is 2.59. The molecule has 18 heavy (non-hydrogen) atoms. The van der Waals surface area contributed by atoms with E-state index in [1.807, 2.05) is 31.2 Å². The fourth-order valence-electron chi connectivity index (χ4n) is 1.65. The van der Waals surface area contributed by atoms with E-state index in [-0.39, 0.29) is 11.2 Å². The third kappa shape index (κ3) is 2.51. The standard InChI is InChI=1S/C13H14N2O2S/c1-8(12(16)14-9-6-7-9)18-13-15-10-4-2-3-5-11(10)17-13/h2-5,8-9H,6-7H2,1H3,(H,14,16)/t8-/m0/s1. The molecule has 1 aromatic carbocycles. The lowest BCUT2D eigenvalue weighted by molar-refractivity contribution is -0.120. The molecule has 1 N–H and O–H groups in total. The third-order valence-electron chi connectivity index (χ3n) is 2.84. The molecule has 1 saturated carbocycles. The van der Waals surface area contributed by atoms with E-state index < -0.39 is 0 Å². The van der Waals surface area contributed by atoms with Gasteiger partial charge in [-0.1, -0.05) is 23.9 Å². The molecule has 0 radical (unpaired) electrons. The third-order valence-corrected chi connectivity index (χ3v) is 3.79. The Balaban J connectivity index is 1.68. The Hall–Kier alpha value is -1.49. The van der Waals surface area contributed by atoms with Gasteiger partial charge in [0.15, 0.2) is 5.58 Å². The van der Waals surface area contributed by atoms with Gasteiger partial charge in [-0.05, 0) is 31.9 Å². The van der Waals surface area contributed by atoms with E-state index in [4.69, 9.17) is 4.42 Å². The van der Waals surface area contributed by atoms with Gasteiger partial charge in [0.1, 0.15) is 5.52 Å². The van der Waals surface area contributed by atoms with Crippen LogP contribution >= 0.6 is 11.8 Å². The van der Waals surface area contributed by atoms with Crippen molar-refractivity contribution in [1.82, 2.24) is 10.3 Å². The zero-order valence-electron chi connectivity index (χ0n) is 10.1. The monoisotopic (exact) mass is 262 g/mol. The van der Waals surface area contributed by atoms with Crippen molar-refractivity contribution in [2.24, 2.45) is 0 Å². The van der Waals surface area contributed by atoms with Crippen LogP contribution in [0.2, 0.25) is 0 Å². The van der Waals surface area contributed by atoms with Gasteiger partial charge in [0.2, 0.25) is 5.91 Å². The maximum atomic E-state index is 11.8. The van der Waals surface area contributed by atoms with Gasteiger partial charge in [0.05, 0.1) is 5.25 Å². The van der Waals surface area contributed by atoms with Gasteiger partial charge in [-0.3, -0.25) is 4.79 Å². The Bertz CT molecular complexity index is 544. The quantitative estimate of drug-likeness (QED) is 0.860. The minimum Gasteiger partial charge on any atom is -0.431 e. The van der Waals surface area contributed by atoms with E-state index in [1.165, 1.54) is 11.8 Å². The van der Waals surface area contributed by atoms with Crippen LogP contribution in [0.1, 0.15) is 19.8 Å². The predicted molar refractivity (Wildman–Crippen MR) is 70.5 cm³/mol. The zero-order chi connectivity index (χ0) is 12.5. The Morgan fingerprint density at radius 3 is 3.00 bits per heavy atom. The average Bonchev–Trinajstić information content (AvgIpc) is 3.07. The number of benzene rings is 1. The summed E-state index contributed by atoms with van der Waals surface area (Å²) in [5.74, 6) is 0.0600. The molecule has 94 valence electrons. The van der Waals surface area contributed by atoms with Gasteiger partial charge in [0.25, 0.3) is 5.22 Å². The highest BCUT2D eigenvalue weighted by Gasteiger charge is 2.26. The van der Waals surface area contributed by atoms with Gasteiger partial charge in [-0.2, -0.15) is 0 Å². The summed E-state index contributed by atoms with van der Waals surface area (Å²) in [6.07, 6.45) is 2.21. The lowest BCUT2D eigenvalue weighted by atomic mass is 10.3. The Morgan fingerprint density at radius 1 is 1.50 bits per heavy atom. The van der Waals surface area contributed by atoms with E-state index in [2.05, 4.69) is 10.3 Å². The molecule has 1 heterocycles. The zero-order valence-corrected chi connectivity index (χ0v) is 10.9. The molecular formula is C13H14N2O2S. The van der Waals surface area contributed by atoms with E-state index in [0.717, 1.165) is 23.9 Å². The smallest absolute Gasteiger partial charge is 0.257 e. The molecule has 1 aliphatic carbocycles. The molecular weight excluding hydrogens is 248 g/mol. The van der Waals surface area contributed by atoms with Crippen LogP contribution in [0.3, 0.4) is 0 Å². The van der Waals surface area contributed by atoms with Crippen LogP contribution in [-0.4, -0.2) is 22.2 Å². The number of nitrogens with one attached hydrogen (secondary N) is 1. The largest absolute Gasteiger partial charge is 0.431 e. The highest BCUT2D eigenvalue weighted by molar-refractivity contribution is 8.00. The lowest BCUT2D eigenvalue weighted by Crippen LogP contribution is -2.32. The topological polar surface area (TPSA) is 55.1 Å². The SMILES string of the molecule is C[C@H](Sc1nc2ccccc2o1)C(=O)NC1CC1. The highest BCUT2D eigenvalue weighted by Crippen LogP contribution is 2.27. The second-order valence-electron chi connectivity index (χ2n) is 4.49. The number of hydrogen-bond acceptors (Lipinski definition) is 4. The fraction of sp³-hybridized carbons (Fsp3) is 0.385. The summed E-state index contributed by atoms with van der Waals surface area (Å²) < 4.78 is 5.58. The van der Waals surface area contributed by atoms with Crippen LogP contribution < -0.4 is 5.32 Å². The second kappa shape index (κ2) is 4.65. The minimum atomic E-state index is -0.182. The summed E-state index contributed by atoms with van der Waals surface area (Å²) in [7, 11) is 0. The molecule has 0 bridgehead atoms. The van der Waals surface area contributed by atoms with Crippen LogP contribution in [0.25, 0.3) is 11.1 Å². The normalized spacial score (nSPS) is 16.7. The molecule has 5 heteroatoms. The molecule has 0 aliphatic heterocycles. The molecule has 4 nitrogen and oxygen atoms in total. The molecule has 1 fully saturated rings. The number of para-hydroxylation sites is 2. The number of amides is 1. The van der Waals surface area contributed by atoms with Crippen molar-refractivity contribution in [3.8, 4) is 0 Å². The van der Waals surface area contributed by atoms with Crippen molar-refractivity contribution < 1.29 is 9.21 Å². The second-order valence-corrected chi connectivity index (χ2v) is 5.78. The first-order chi connectivity index (χ1) is 8.72. The number of hydrogen-bond donors (Lipinski definition) is 1. The van der Waals surface area contributed by atoms with E-state index in [1.54, 1.807) is 0 Å². The number of fused-ring (bicyclic) bond motifs is 1. The molecule has 1 amide bonds. The van der Waals surface area contributed by atoms with Crippen molar-refractivity contribution in [3.05, 3.63) is 24.3 Å². The van der Waals surface area contributed by atoms with Gasteiger partial charge in [-0.15, -0.1) is 0 Å². The van der Waals surface area contributed by atoms with Crippen molar-refractivity contribution in [2.45, 2.75) is 36.3 Å². The van der Waals surface area contributed by atoms with E-state index in [0.29, 0.717) is 11.3 Å². The number of rotatable bonds is 4. The maximum Gasteiger partial charge on any atom is 0.257 e. The first-order valence-electron chi connectivity index (χ1n) is 6.05. The first-order valence-corrected chi connectivity index (χ1v) is 6.93. The molecule has 1 atom stereocenters. The van der Waals surface area contributed by atoms with Crippen molar-refractivity contribution >= 4 is 28.8 Å². The van der Waals surface area contributed by atoms with Gasteiger partial charge >= 0.3 is 0 Å². The van der Waals surface area contributed by atoms with Crippen LogP contribution in [0, 0.1) is 0 Å². The fourth-order valence-corrected chi connectivity index (χ4v) is 2.42. The maximum absolute atomic E-state index is 11.8. The van der Waals surface area contributed by atoms with Gasteiger partial charge < -0.3 is 9.73 Å². The van der Waals surface area contributed by atoms with Crippen LogP contribution in [0.4, 0.5) is 0 Å². The molecule has 3 rings (SSSR count). The van der Waals surface area contributed by atoms with Crippen molar-refractivity contribution in [2.75, 3.05) is 0 Å². The molecule has 1 aromatic heterocycles. The number of oxazole rings is 1. The van der Waals surface area contributed by atoms with E-state index in [9.17, 15) is 4.79 Å². The van der Waals surface area contributed by atoms with Crippen LogP contribution in [0.5, 0.6) is 0 Å². The molecule has 0 unspecified atom stereocenters. The Kier molecular flexibility index (Phi) is 2.99. The van der Waals surface area contributed by atoms with Crippen molar-refractivity contribution in [1.29, 1.82) is 0 Å². The summed E-state index contributed by atoms with van der Waals surface area (Å²) in [6.45, 7) is 1.87. The van der Waals surface area contributed by atoms with Crippen LogP contribution in [0.15, 0.2) is 33.9 Å². The summed E-state index contributed by atoms with van der Waals surface area (Å²) >= 11 is 1.36. The number of thioether (sulfide) groups is 1. The van der Waals surface area contributed by atoms with Gasteiger partial charge in [0, 0.05) is 6.04 Å².